The van der Waals surface area contributed by atoms with Gasteiger partial charge in [-0.25, -0.2) is 0 Å². The lowest BCUT2D eigenvalue weighted by Gasteiger charge is -2.21. The van der Waals surface area contributed by atoms with Gasteiger partial charge in [-0.3, -0.25) is 0 Å². The summed E-state index contributed by atoms with van der Waals surface area (Å²) in [5.74, 6) is 0.578. The molecule has 2 unspecified atom stereocenters. The molecule has 56 valence electrons. The molecule has 0 aromatic heterocycles. The molecule has 2 fully saturated rings. The summed E-state index contributed by atoms with van der Waals surface area (Å²) in [6, 6.07) is 0. The Balaban J connectivity index is 2.05. The maximum absolute atomic E-state index is 8.99. The van der Waals surface area contributed by atoms with Crippen LogP contribution in [-0.4, -0.2) is 30.3 Å². The van der Waals surface area contributed by atoms with Gasteiger partial charge in [0.15, 0.2) is 0 Å². The van der Waals surface area contributed by atoms with Crippen molar-refractivity contribution in [3.05, 3.63) is 0 Å². The summed E-state index contributed by atoms with van der Waals surface area (Å²) in [6.07, 6.45) is 2.11. The molecule has 2 atom stereocenters. The second kappa shape index (κ2) is 1.97. The first kappa shape index (κ1) is 6.64. The van der Waals surface area contributed by atoms with Crippen molar-refractivity contribution in [3.8, 4) is 0 Å². The first-order chi connectivity index (χ1) is 4.76. The van der Waals surface area contributed by atoms with E-state index in [1.165, 1.54) is 0 Å². The first-order valence-electron chi connectivity index (χ1n) is 3.82. The third-order valence-electron chi connectivity index (χ3n) is 2.92. The standard InChI is InChI=1S/C6H12BNO2/c9-7(10)6-3-5(6)1-2-8-4-6/h5,8-10H,1-4H2. The van der Waals surface area contributed by atoms with Crippen molar-refractivity contribution in [1.82, 2.24) is 5.32 Å². The van der Waals surface area contributed by atoms with Crippen molar-refractivity contribution in [2.75, 3.05) is 13.1 Å². The van der Waals surface area contributed by atoms with E-state index in [4.69, 9.17) is 10.0 Å². The summed E-state index contributed by atoms with van der Waals surface area (Å²) >= 11 is 0. The molecule has 4 heteroatoms. The minimum absolute atomic E-state index is 0.155. The Bertz CT molecular complexity index is 153. The molecule has 2 aliphatic rings. The molecule has 1 saturated heterocycles. The van der Waals surface area contributed by atoms with E-state index in [0.717, 1.165) is 25.9 Å². The van der Waals surface area contributed by atoms with Gasteiger partial charge in [0.2, 0.25) is 0 Å². The van der Waals surface area contributed by atoms with Crippen molar-refractivity contribution < 1.29 is 10.0 Å². The van der Waals surface area contributed by atoms with Crippen LogP contribution in [0.25, 0.3) is 0 Å². The maximum atomic E-state index is 8.99. The molecular formula is C6H12BNO2. The quantitative estimate of drug-likeness (QED) is 0.419. The minimum Gasteiger partial charge on any atom is -0.427 e. The highest BCUT2D eigenvalue weighted by Crippen LogP contribution is 2.63. The van der Waals surface area contributed by atoms with E-state index in [0.29, 0.717) is 5.92 Å². The van der Waals surface area contributed by atoms with Crippen molar-refractivity contribution >= 4 is 7.12 Å². The molecule has 0 bridgehead atoms. The topological polar surface area (TPSA) is 52.5 Å². The zero-order valence-corrected chi connectivity index (χ0v) is 5.88. The lowest BCUT2D eigenvalue weighted by Crippen LogP contribution is -2.37. The zero-order valence-electron chi connectivity index (χ0n) is 5.88. The number of hydrogen-bond donors (Lipinski definition) is 3. The van der Waals surface area contributed by atoms with Gasteiger partial charge in [-0.1, -0.05) is 0 Å². The Morgan fingerprint density at radius 3 is 2.80 bits per heavy atom. The summed E-state index contributed by atoms with van der Waals surface area (Å²) in [7, 11) is -1.11. The molecule has 0 radical (unpaired) electrons. The molecule has 10 heavy (non-hydrogen) atoms. The predicted molar refractivity (Wildman–Crippen MR) is 38.5 cm³/mol. The predicted octanol–water partition coefficient (Wildman–Crippen LogP) is -0.787. The Hall–Kier alpha value is -0.0551. The lowest BCUT2D eigenvalue weighted by atomic mass is 9.66. The minimum atomic E-state index is -1.11. The van der Waals surface area contributed by atoms with Crippen LogP contribution in [0.15, 0.2) is 0 Å². The average molecular weight is 141 g/mol. The van der Waals surface area contributed by atoms with Crippen LogP contribution in [0, 0.1) is 5.92 Å². The van der Waals surface area contributed by atoms with Crippen LogP contribution in [0.2, 0.25) is 5.31 Å². The molecule has 1 aliphatic heterocycles. The van der Waals surface area contributed by atoms with Gasteiger partial charge in [0.25, 0.3) is 0 Å². The average Bonchev–Trinajstić information content (AvgIpc) is 2.61. The van der Waals surface area contributed by atoms with E-state index in [1.54, 1.807) is 0 Å². The highest BCUT2D eigenvalue weighted by atomic mass is 16.4. The van der Waals surface area contributed by atoms with Crippen LogP contribution in [0.4, 0.5) is 0 Å². The summed E-state index contributed by atoms with van der Waals surface area (Å²) in [4.78, 5) is 0. The van der Waals surface area contributed by atoms with Crippen LogP contribution < -0.4 is 5.32 Å². The van der Waals surface area contributed by atoms with Crippen LogP contribution in [-0.2, 0) is 0 Å². The number of fused-ring (bicyclic) bond motifs is 1. The number of hydrogen-bond acceptors (Lipinski definition) is 3. The van der Waals surface area contributed by atoms with Gasteiger partial charge in [-0.15, -0.1) is 0 Å². The molecular weight excluding hydrogens is 129 g/mol. The number of rotatable bonds is 1. The Kier molecular flexibility index (Phi) is 1.31. The molecule has 1 saturated carbocycles. The third-order valence-corrected chi connectivity index (χ3v) is 2.92. The number of piperidine rings is 1. The largest absolute Gasteiger partial charge is 0.459 e. The van der Waals surface area contributed by atoms with E-state index >= 15 is 0 Å². The SMILES string of the molecule is OB(O)C12CNCCC1C2. The van der Waals surface area contributed by atoms with Crippen molar-refractivity contribution in [3.63, 3.8) is 0 Å². The molecule has 1 aliphatic carbocycles. The highest BCUT2D eigenvalue weighted by molar-refractivity contribution is 6.47. The van der Waals surface area contributed by atoms with Gasteiger partial charge in [0.05, 0.1) is 0 Å². The smallest absolute Gasteiger partial charge is 0.427 e. The lowest BCUT2D eigenvalue weighted by molar-refractivity contribution is 0.351. The molecule has 0 aromatic rings. The van der Waals surface area contributed by atoms with Gasteiger partial charge in [0, 0.05) is 5.31 Å². The van der Waals surface area contributed by atoms with Gasteiger partial charge in [-0.2, -0.15) is 0 Å². The molecule has 1 heterocycles. The van der Waals surface area contributed by atoms with Crippen molar-refractivity contribution in [1.29, 1.82) is 0 Å². The summed E-state index contributed by atoms with van der Waals surface area (Å²) < 4.78 is 0. The van der Waals surface area contributed by atoms with Crippen molar-refractivity contribution in [2.45, 2.75) is 18.2 Å². The number of nitrogens with one attached hydrogen (secondary N) is 1. The van der Waals surface area contributed by atoms with E-state index in [-0.39, 0.29) is 5.31 Å². The zero-order chi connectivity index (χ0) is 7.19. The fourth-order valence-electron chi connectivity index (χ4n) is 2.01. The Labute approximate surface area is 60.6 Å². The molecule has 2 rings (SSSR count). The van der Waals surface area contributed by atoms with Crippen LogP contribution in [0.1, 0.15) is 12.8 Å². The fourth-order valence-corrected chi connectivity index (χ4v) is 2.01. The van der Waals surface area contributed by atoms with E-state index in [1.807, 2.05) is 0 Å². The fraction of sp³-hybridized carbons (Fsp3) is 1.00. The van der Waals surface area contributed by atoms with Gasteiger partial charge < -0.3 is 15.4 Å². The van der Waals surface area contributed by atoms with Gasteiger partial charge in [-0.05, 0) is 31.8 Å². The Morgan fingerprint density at radius 2 is 2.30 bits per heavy atom. The highest BCUT2D eigenvalue weighted by Gasteiger charge is 2.62. The molecule has 0 aromatic carbocycles. The van der Waals surface area contributed by atoms with Crippen LogP contribution in [0.5, 0.6) is 0 Å². The summed E-state index contributed by atoms with van der Waals surface area (Å²) in [5, 5.41) is 21.0. The van der Waals surface area contributed by atoms with Crippen molar-refractivity contribution in [2.24, 2.45) is 5.92 Å². The summed E-state index contributed by atoms with van der Waals surface area (Å²) in [6.45, 7) is 1.83. The van der Waals surface area contributed by atoms with Gasteiger partial charge in [0.1, 0.15) is 0 Å². The van der Waals surface area contributed by atoms with Crippen LogP contribution in [0.3, 0.4) is 0 Å². The van der Waals surface area contributed by atoms with E-state index < -0.39 is 7.12 Å². The molecule has 3 N–H and O–H groups in total. The molecule has 0 amide bonds. The van der Waals surface area contributed by atoms with E-state index in [9.17, 15) is 0 Å². The third kappa shape index (κ3) is 0.728. The molecule has 3 nitrogen and oxygen atoms in total. The molecule has 0 spiro atoms. The second-order valence-corrected chi connectivity index (χ2v) is 3.47. The van der Waals surface area contributed by atoms with E-state index in [2.05, 4.69) is 5.32 Å². The first-order valence-corrected chi connectivity index (χ1v) is 3.82. The maximum Gasteiger partial charge on any atom is 0.459 e. The van der Waals surface area contributed by atoms with Gasteiger partial charge >= 0.3 is 7.12 Å². The van der Waals surface area contributed by atoms with Crippen LogP contribution >= 0.6 is 0 Å². The Morgan fingerprint density at radius 1 is 1.50 bits per heavy atom. The summed E-state index contributed by atoms with van der Waals surface area (Å²) in [5.41, 5.74) is 0. The second-order valence-electron chi connectivity index (χ2n) is 3.47. The monoisotopic (exact) mass is 141 g/mol. The normalized spacial score (nSPS) is 44.4.